The summed E-state index contributed by atoms with van der Waals surface area (Å²) in [6.07, 6.45) is 8.68. The second kappa shape index (κ2) is 6.56. The molecule has 2 N–H and O–H groups in total. The third-order valence-electron chi connectivity index (χ3n) is 6.51. The van der Waals surface area contributed by atoms with Crippen LogP contribution in [0.4, 0.5) is 4.79 Å². The van der Waals surface area contributed by atoms with Crippen LogP contribution >= 0.6 is 0 Å². The highest BCUT2D eigenvalue weighted by Crippen LogP contribution is 2.54. The Kier molecular flexibility index (Phi) is 4.37. The van der Waals surface area contributed by atoms with Gasteiger partial charge in [-0.2, -0.15) is 0 Å². The number of nitrogens with one attached hydrogen (secondary N) is 1. The van der Waals surface area contributed by atoms with Crippen LogP contribution in [0.3, 0.4) is 0 Å². The minimum atomic E-state index is -1.42. The van der Waals surface area contributed by atoms with E-state index in [1.807, 2.05) is 0 Å². The van der Waals surface area contributed by atoms with Gasteiger partial charge in [0, 0.05) is 18.8 Å². The summed E-state index contributed by atoms with van der Waals surface area (Å²) in [7, 11) is 0. The Labute approximate surface area is 153 Å². The molecule has 6 nitrogen and oxygen atoms in total. The average molecular weight is 358 g/mol. The first kappa shape index (κ1) is 17.3. The van der Waals surface area contributed by atoms with Crippen LogP contribution < -0.4 is 5.32 Å². The minimum Gasteiger partial charge on any atom is -0.480 e. The number of amides is 1. The SMILES string of the molecule is CC(Cc1cccnc1)(NC(=O)OC1C2CC3CC(C2)CC1C3)C(=O)O. The molecule has 4 bridgehead atoms. The van der Waals surface area contributed by atoms with Gasteiger partial charge in [0.15, 0.2) is 0 Å². The molecule has 5 rings (SSSR count). The molecular weight excluding hydrogens is 332 g/mol. The van der Waals surface area contributed by atoms with Gasteiger partial charge in [-0.25, -0.2) is 9.59 Å². The fourth-order valence-corrected chi connectivity index (χ4v) is 5.53. The van der Waals surface area contributed by atoms with Crippen LogP contribution in [0.2, 0.25) is 0 Å². The molecule has 1 atom stereocenters. The lowest BCUT2D eigenvalue weighted by atomic mass is 9.55. The monoisotopic (exact) mass is 358 g/mol. The van der Waals surface area contributed by atoms with Crippen molar-refractivity contribution in [2.75, 3.05) is 0 Å². The van der Waals surface area contributed by atoms with E-state index in [-0.39, 0.29) is 12.5 Å². The van der Waals surface area contributed by atoms with Gasteiger partial charge >= 0.3 is 12.1 Å². The summed E-state index contributed by atoms with van der Waals surface area (Å²) in [6.45, 7) is 1.51. The number of hydrogen-bond donors (Lipinski definition) is 2. The summed E-state index contributed by atoms with van der Waals surface area (Å²) in [6, 6.07) is 3.56. The van der Waals surface area contributed by atoms with Gasteiger partial charge < -0.3 is 15.2 Å². The van der Waals surface area contributed by atoms with Gasteiger partial charge in [-0.1, -0.05) is 6.07 Å². The van der Waals surface area contributed by atoms with E-state index in [0.29, 0.717) is 11.8 Å². The van der Waals surface area contributed by atoms with Crippen molar-refractivity contribution in [1.82, 2.24) is 10.3 Å². The number of pyridine rings is 1. The predicted molar refractivity (Wildman–Crippen MR) is 94.4 cm³/mol. The summed E-state index contributed by atoms with van der Waals surface area (Å²) in [5.74, 6) is 1.42. The molecule has 0 spiro atoms. The van der Waals surface area contributed by atoms with Crippen LogP contribution in [0.25, 0.3) is 0 Å². The van der Waals surface area contributed by atoms with Crippen LogP contribution in [-0.2, 0) is 16.0 Å². The third-order valence-corrected chi connectivity index (χ3v) is 6.51. The van der Waals surface area contributed by atoms with Gasteiger partial charge in [0.05, 0.1) is 0 Å². The maximum atomic E-state index is 12.5. The highest BCUT2D eigenvalue weighted by Gasteiger charge is 2.50. The van der Waals surface area contributed by atoms with Gasteiger partial charge in [0.25, 0.3) is 0 Å². The summed E-state index contributed by atoms with van der Waals surface area (Å²) in [5.41, 5.74) is -0.668. The normalized spacial score (nSPS) is 34.1. The van der Waals surface area contributed by atoms with Crippen LogP contribution in [-0.4, -0.2) is 33.8 Å². The maximum Gasteiger partial charge on any atom is 0.408 e. The molecule has 4 fully saturated rings. The first-order valence-electron chi connectivity index (χ1n) is 9.54. The van der Waals surface area contributed by atoms with Crippen molar-refractivity contribution in [3.8, 4) is 0 Å². The summed E-state index contributed by atoms with van der Waals surface area (Å²) in [5, 5.41) is 12.3. The van der Waals surface area contributed by atoms with E-state index in [1.54, 1.807) is 24.5 Å². The molecule has 1 amide bonds. The van der Waals surface area contributed by atoms with Crippen molar-refractivity contribution in [2.45, 2.75) is 57.1 Å². The van der Waals surface area contributed by atoms with E-state index in [0.717, 1.165) is 43.1 Å². The molecule has 0 saturated heterocycles. The first-order valence-corrected chi connectivity index (χ1v) is 9.54. The van der Waals surface area contributed by atoms with E-state index >= 15 is 0 Å². The number of carbonyl (C=O) groups is 2. The number of carboxylic acids is 1. The Bertz CT molecular complexity index is 664. The largest absolute Gasteiger partial charge is 0.480 e. The number of carbonyl (C=O) groups excluding carboxylic acids is 1. The number of hydrogen-bond acceptors (Lipinski definition) is 4. The van der Waals surface area contributed by atoms with Gasteiger partial charge in [-0.05, 0) is 74.3 Å². The number of carboxylic acid groups (broad SMARTS) is 1. The van der Waals surface area contributed by atoms with Crippen molar-refractivity contribution in [1.29, 1.82) is 0 Å². The van der Waals surface area contributed by atoms with E-state index in [1.165, 1.54) is 13.3 Å². The summed E-state index contributed by atoms with van der Waals surface area (Å²) < 4.78 is 5.78. The van der Waals surface area contributed by atoms with Gasteiger partial charge in [-0.15, -0.1) is 0 Å². The Morgan fingerprint density at radius 2 is 1.88 bits per heavy atom. The van der Waals surface area contributed by atoms with Gasteiger partial charge in [-0.3, -0.25) is 4.98 Å². The van der Waals surface area contributed by atoms with Crippen molar-refractivity contribution >= 4 is 12.1 Å². The molecular formula is C20H26N2O4. The lowest BCUT2D eigenvalue weighted by Crippen LogP contribution is -2.56. The third kappa shape index (κ3) is 3.29. The molecule has 0 radical (unpaired) electrons. The number of nitrogens with zero attached hydrogens (tertiary/aromatic N) is 1. The van der Waals surface area contributed by atoms with Crippen LogP contribution in [0.5, 0.6) is 0 Å². The minimum absolute atomic E-state index is 0.0563. The van der Waals surface area contributed by atoms with Crippen molar-refractivity contribution < 1.29 is 19.4 Å². The van der Waals surface area contributed by atoms with Gasteiger partial charge in [0.2, 0.25) is 0 Å². The van der Waals surface area contributed by atoms with Crippen molar-refractivity contribution in [3.05, 3.63) is 30.1 Å². The molecule has 1 heterocycles. The van der Waals surface area contributed by atoms with Crippen LogP contribution in [0.1, 0.15) is 44.6 Å². The number of alkyl carbamates (subject to hydrolysis) is 1. The first-order chi connectivity index (χ1) is 12.4. The molecule has 0 aromatic carbocycles. The molecule has 0 aliphatic heterocycles. The van der Waals surface area contributed by atoms with Crippen molar-refractivity contribution in [3.63, 3.8) is 0 Å². The fraction of sp³-hybridized carbons (Fsp3) is 0.650. The lowest BCUT2D eigenvalue weighted by Gasteiger charge is -2.53. The fourth-order valence-electron chi connectivity index (χ4n) is 5.53. The predicted octanol–water partition coefficient (Wildman–Crippen LogP) is 3.02. The van der Waals surface area contributed by atoms with E-state index in [4.69, 9.17) is 4.74 Å². The summed E-state index contributed by atoms with van der Waals surface area (Å²) >= 11 is 0. The molecule has 26 heavy (non-hydrogen) atoms. The zero-order valence-corrected chi connectivity index (χ0v) is 15.1. The topological polar surface area (TPSA) is 88.5 Å². The second-order valence-corrected chi connectivity index (χ2v) is 8.60. The van der Waals surface area contributed by atoms with E-state index < -0.39 is 17.6 Å². The highest BCUT2D eigenvalue weighted by molar-refractivity contribution is 5.84. The molecule has 4 saturated carbocycles. The molecule has 4 aliphatic rings. The van der Waals surface area contributed by atoms with Crippen LogP contribution in [0.15, 0.2) is 24.5 Å². The van der Waals surface area contributed by atoms with E-state index in [2.05, 4.69) is 10.3 Å². The maximum absolute atomic E-state index is 12.5. The Hall–Kier alpha value is -2.11. The average Bonchev–Trinajstić information content (AvgIpc) is 2.58. The lowest BCUT2D eigenvalue weighted by molar-refractivity contribution is -0.144. The standard InChI is InChI=1S/C20H26N2O4/c1-20(18(23)24,10-12-3-2-4-21-11-12)22-19(25)26-17-15-6-13-5-14(8-15)9-16(17)7-13/h2-4,11,13-17H,5-10H2,1H3,(H,22,25)(H,23,24). The molecule has 140 valence electrons. The summed E-state index contributed by atoms with van der Waals surface area (Å²) in [4.78, 5) is 28.4. The molecule has 1 aromatic heterocycles. The van der Waals surface area contributed by atoms with Crippen molar-refractivity contribution in [2.24, 2.45) is 23.7 Å². The quantitative estimate of drug-likeness (QED) is 0.845. The second-order valence-electron chi connectivity index (χ2n) is 8.60. The zero-order chi connectivity index (χ0) is 18.3. The number of rotatable bonds is 5. The Balaban J connectivity index is 1.41. The number of aromatic nitrogens is 1. The number of ether oxygens (including phenoxy) is 1. The highest BCUT2D eigenvalue weighted by atomic mass is 16.6. The smallest absolute Gasteiger partial charge is 0.408 e. The van der Waals surface area contributed by atoms with E-state index in [9.17, 15) is 14.7 Å². The molecule has 1 aromatic rings. The Morgan fingerprint density at radius 3 is 2.42 bits per heavy atom. The molecule has 6 heteroatoms. The van der Waals surface area contributed by atoms with Crippen LogP contribution in [0, 0.1) is 23.7 Å². The van der Waals surface area contributed by atoms with Gasteiger partial charge in [0.1, 0.15) is 11.6 Å². The molecule has 4 aliphatic carbocycles. The number of aliphatic carboxylic acids is 1. The molecule has 1 unspecified atom stereocenters. The Morgan fingerprint density at radius 1 is 1.23 bits per heavy atom. The zero-order valence-electron chi connectivity index (χ0n) is 15.1.